The fourth-order valence-corrected chi connectivity index (χ4v) is 4.77. The topological polar surface area (TPSA) is 137 Å². The molecule has 3 aromatic rings. The Morgan fingerprint density at radius 3 is 2.32 bits per heavy atom. The van der Waals surface area contributed by atoms with Gasteiger partial charge in [-0.25, -0.2) is 4.98 Å². The SMILES string of the molecule is Cl.Cl.N[C@H]1CC[C@H](Nc2nc(Nc3ccc([N+](=O)[O-])cc3)c3ncn(C4CCCC4)c3n2)CC1. The average Bonchev–Trinajstić information content (AvgIpc) is 3.46. The number of benzene rings is 1. The number of nitrogens with two attached hydrogens (primary N) is 1. The van der Waals surface area contributed by atoms with Crippen molar-refractivity contribution in [3.63, 3.8) is 0 Å². The molecule has 2 heterocycles. The second kappa shape index (κ2) is 11.2. The molecular weight excluding hydrogens is 479 g/mol. The quantitative estimate of drug-likeness (QED) is 0.308. The highest BCUT2D eigenvalue weighted by molar-refractivity contribution is 5.87. The maximum Gasteiger partial charge on any atom is 0.269 e. The minimum absolute atomic E-state index is 0. The molecule has 184 valence electrons. The standard InChI is InChI=1S/C22H28N8O2.2ClH/c23-14-5-7-16(8-6-14)26-22-27-20(25-15-9-11-18(12-10-15)30(31)32)19-21(28-22)29(13-24-19)17-3-1-2-4-17;;/h9-14,16-17H,1-8,23H2,(H2,25,26,27,28);2*1H/t14-,16-;;. The molecule has 0 saturated heterocycles. The molecule has 2 aliphatic carbocycles. The van der Waals surface area contributed by atoms with Crippen molar-refractivity contribution >= 4 is 59.1 Å². The van der Waals surface area contributed by atoms with Gasteiger partial charge in [-0.3, -0.25) is 10.1 Å². The number of nitrogens with one attached hydrogen (secondary N) is 2. The van der Waals surface area contributed by atoms with Crippen LogP contribution in [0.15, 0.2) is 30.6 Å². The van der Waals surface area contributed by atoms with Crippen LogP contribution in [0.4, 0.5) is 23.1 Å². The first-order chi connectivity index (χ1) is 15.6. The smallest absolute Gasteiger partial charge is 0.269 e. The van der Waals surface area contributed by atoms with E-state index in [0.717, 1.165) is 44.2 Å². The van der Waals surface area contributed by atoms with Crippen LogP contribution in [0.25, 0.3) is 11.2 Å². The molecule has 2 aliphatic rings. The first-order valence-electron chi connectivity index (χ1n) is 11.3. The van der Waals surface area contributed by atoms with E-state index in [4.69, 9.17) is 15.7 Å². The van der Waals surface area contributed by atoms with Gasteiger partial charge in [-0.15, -0.1) is 24.8 Å². The van der Waals surface area contributed by atoms with Gasteiger partial charge in [0.15, 0.2) is 17.0 Å². The zero-order valence-corrected chi connectivity index (χ0v) is 20.4. The number of nitro benzene ring substituents is 1. The fraction of sp³-hybridized carbons (Fsp3) is 0.500. The Morgan fingerprint density at radius 1 is 1.00 bits per heavy atom. The first-order valence-corrected chi connectivity index (χ1v) is 11.3. The number of hydrogen-bond donors (Lipinski definition) is 3. The van der Waals surface area contributed by atoms with Gasteiger partial charge >= 0.3 is 0 Å². The van der Waals surface area contributed by atoms with E-state index < -0.39 is 4.92 Å². The molecule has 2 saturated carbocycles. The maximum absolute atomic E-state index is 11.0. The summed E-state index contributed by atoms with van der Waals surface area (Å²) in [5.41, 5.74) is 8.33. The van der Waals surface area contributed by atoms with Gasteiger partial charge in [0.25, 0.3) is 5.69 Å². The Balaban J connectivity index is 0.00000162. The summed E-state index contributed by atoms with van der Waals surface area (Å²) in [7, 11) is 0. The van der Waals surface area contributed by atoms with Gasteiger partial charge in [0.2, 0.25) is 5.95 Å². The monoisotopic (exact) mass is 508 g/mol. The molecule has 0 radical (unpaired) electrons. The van der Waals surface area contributed by atoms with Crippen molar-refractivity contribution in [3.8, 4) is 0 Å². The van der Waals surface area contributed by atoms with Crippen molar-refractivity contribution in [2.75, 3.05) is 10.6 Å². The van der Waals surface area contributed by atoms with Gasteiger partial charge in [0.05, 0.1) is 11.3 Å². The van der Waals surface area contributed by atoms with E-state index in [9.17, 15) is 10.1 Å². The third kappa shape index (κ3) is 5.51. The summed E-state index contributed by atoms with van der Waals surface area (Å²) >= 11 is 0. The number of halogens is 2. The van der Waals surface area contributed by atoms with Crippen molar-refractivity contribution in [2.24, 2.45) is 5.73 Å². The highest BCUT2D eigenvalue weighted by Gasteiger charge is 2.24. The van der Waals surface area contributed by atoms with Gasteiger partial charge < -0.3 is 20.9 Å². The van der Waals surface area contributed by atoms with Crippen LogP contribution in [0.1, 0.15) is 57.4 Å². The number of nitro groups is 1. The Labute approximate surface area is 210 Å². The maximum atomic E-state index is 11.0. The predicted octanol–water partition coefficient (Wildman–Crippen LogP) is 5.12. The van der Waals surface area contributed by atoms with E-state index in [1.54, 1.807) is 12.1 Å². The molecule has 0 bridgehead atoms. The summed E-state index contributed by atoms with van der Waals surface area (Å²) < 4.78 is 2.17. The molecule has 1 aromatic carbocycles. The Bertz CT molecular complexity index is 1110. The average molecular weight is 509 g/mol. The van der Waals surface area contributed by atoms with Crippen LogP contribution < -0.4 is 16.4 Å². The van der Waals surface area contributed by atoms with Gasteiger partial charge in [-0.1, -0.05) is 12.8 Å². The van der Waals surface area contributed by atoms with Crippen LogP contribution in [0.2, 0.25) is 0 Å². The van der Waals surface area contributed by atoms with Crippen molar-refractivity contribution in [1.29, 1.82) is 0 Å². The van der Waals surface area contributed by atoms with Crippen LogP contribution in [-0.2, 0) is 0 Å². The molecular formula is C22H30Cl2N8O2. The lowest BCUT2D eigenvalue weighted by Crippen LogP contribution is -2.33. The van der Waals surface area contributed by atoms with Crippen LogP contribution in [-0.4, -0.2) is 36.5 Å². The Morgan fingerprint density at radius 2 is 1.68 bits per heavy atom. The van der Waals surface area contributed by atoms with Crippen molar-refractivity contribution in [3.05, 3.63) is 40.7 Å². The lowest BCUT2D eigenvalue weighted by Gasteiger charge is -2.27. The van der Waals surface area contributed by atoms with E-state index in [2.05, 4.69) is 20.2 Å². The second-order valence-corrected chi connectivity index (χ2v) is 8.84. The highest BCUT2D eigenvalue weighted by Crippen LogP contribution is 2.34. The molecule has 5 rings (SSSR count). The van der Waals surface area contributed by atoms with Gasteiger partial charge in [-0.2, -0.15) is 9.97 Å². The number of hydrogen-bond acceptors (Lipinski definition) is 8. The van der Waals surface area contributed by atoms with Crippen molar-refractivity contribution in [2.45, 2.75) is 69.5 Å². The largest absolute Gasteiger partial charge is 0.351 e. The van der Waals surface area contributed by atoms with E-state index in [-0.39, 0.29) is 36.5 Å². The molecule has 2 aromatic heterocycles. The van der Waals surface area contributed by atoms with E-state index in [1.807, 2.05) is 6.33 Å². The summed E-state index contributed by atoms with van der Waals surface area (Å²) in [5.74, 6) is 1.16. The first kappa shape index (κ1) is 25.9. The van der Waals surface area contributed by atoms with Crippen molar-refractivity contribution in [1.82, 2.24) is 19.5 Å². The van der Waals surface area contributed by atoms with Crippen molar-refractivity contribution < 1.29 is 4.92 Å². The van der Waals surface area contributed by atoms with Gasteiger partial charge in [0, 0.05) is 35.9 Å². The molecule has 34 heavy (non-hydrogen) atoms. The lowest BCUT2D eigenvalue weighted by atomic mass is 9.92. The van der Waals surface area contributed by atoms with E-state index in [1.165, 1.54) is 25.0 Å². The summed E-state index contributed by atoms with van der Waals surface area (Å²) in [5, 5.41) is 17.8. The summed E-state index contributed by atoms with van der Waals surface area (Å²) in [6.45, 7) is 0. The lowest BCUT2D eigenvalue weighted by molar-refractivity contribution is -0.384. The molecule has 0 spiro atoms. The summed E-state index contributed by atoms with van der Waals surface area (Å²) in [4.78, 5) is 24.8. The summed E-state index contributed by atoms with van der Waals surface area (Å²) in [6.07, 6.45) is 10.5. The second-order valence-electron chi connectivity index (χ2n) is 8.84. The highest BCUT2D eigenvalue weighted by atomic mass is 35.5. The number of imidazole rings is 1. The number of anilines is 3. The van der Waals surface area contributed by atoms with Gasteiger partial charge in [-0.05, 0) is 50.7 Å². The van der Waals surface area contributed by atoms with E-state index in [0.29, 0.717) is 35.1 Å². The van der Waals surface area contributed by atoms with Crippen LogP contribution in [0.5, 0.6) is 0 Å². The summed E-state index contributed by atoms with van der Waals surface area (Å²) in [6, 6.07) is 7.28. The van der Waals surface area contributed by atoms with Gasteiger partial charge in [0.1, 0.15) is 0 Å². The third-order valence-electron chi connectivity index (χ3n) is 6.59. The molecule has 10 nitrogen and oxygen atoms in total. The minimum Gasteiger partial charge on any atom is -0.351 e. The fourth-order valence-electron chi connectivity index (χ4n) is 4.77. The number of non-ortho nitro benzene ring substituents is 1. The Kier molecular flexibility index (Phi) is 8.51. The normalized spacial score (nSPS) is 20.4. The molecule has 0 aliphatic heterocycles. The molecule has 4 N–H and O–H groups in total. The number of fused-ring (bicyclic) bond motifs is 1. The van der Waals surface area contributed by atoms with Crippen LogP contribution >= 0.6 is 24.8 Å². The zero-order valence-electron chi connectivity index (χ0n) is 18.7. The van der Waals surface area contributed by atoms with E-state index >= 15 is 0 Å². The molecule has 2 fully saturated rings. The number of nitrogens with zero attached hydrogens (tertiary/aromatic N) is 5. The zero-order chi connectivity index (χ0) is 22.1. The minimum atomic E-state index is -0.409. The third-order valence-corrected chi connectivity index (χ3v) is 6.59. The molecule has 0 atom stereocenters. The molecule has 0 amide bonds. The number of aromatic nitrogens is 4. The predicted molar refractivity (Wildman–Crippen MR) is 138 cm³/mol. The molecule has 12 heteroatoms. The molecule has 0 unspecified atom stereocenters. The van der Waals surface area contributed by atoms with Crippen LogP contribution in [0, 0.1) is 10.1 Å². The Hall–Kier alpha value is -2.69. The number of rotatable bonds is 6. The van der Waals surface area contributed by atoms with Crippen LogP contribution in [0.3, 0.4) is 0 Å².